The van der Waals surface area contributed by atoms with E-state index in [2.05, 4.69) is 21.1 Å². The molecule has 0 fully saturated rings. The summed E-state index contributed by atoms with van der Waals surface area (Å²) in [5, 5.41) is 13.7. The summed E-state index contributed by atoms with van der Waals surface area (Å²) >= 11 is 3.39. The first-order chi connectivity index (χ1) is 8.04. The van der Waals surface area contributed by atoms with Gasteiger partial charge >= 0.3 is 0 Å². The lowest BCUT2D eigenvalue weighted by Gasteiger charge is -2.11. The van der Waals surface area contributed by atoms with Crippen molar-refractivity contribution in [3.8, 4) is 22.8 Å². The van der Waals surface area contributed by atoms with Gasteiger partial charge in [0.05, 0.1) is 12.7 Å². The Labute approximate surface area is 106 Å². The van der Waals surface area contributed by atoms with Crippen molar-refractivity contribution in [3.05, 3.63) is 22.2 Å². The fraction of sp³-hybridized carbons (Fsp3) is 0.182. The topological polar surface area (TPSA) is 81.5 Å². The number of phenolic OH excluding ortho intramolecular Hbond substituents is 1. The summed E-state index contributed by atoms with van der Waals surface area (Å²) in [6.07, 6.45) is 0. The highest BCUT2D eigenvalue weighted by atomic mass is 79.9. The number of phenols is 1. The van der Waals surface area contributed by atoms with Gasteiger partial charge in [-0.25, -0.2) is 0 Å². The van der Waals surface area contributed by atoms with E-state index in [1.165, 1.54) is 13.2 Å². The van der Waals surface area contributed by atoms with Gasteiger partial charge in [-0.2, -0.15) is 0 Å². The third-order valence-electron chi connectivity index (χ3n) is 2.44. The van der Waals surface area contributed by atoms with Crippen molar-refractivity contribution in [2.24, 2.45) is 0 Å². The minimum Gasteiger partial charge on any atom is -0.504 e. The van der Waals surface area contributed by atoms with Crippen molar-refractivity contribution in [1.82, 2.24) is 5.16 Å². The fourth-order valence-corrected chi connectivity index (χ4v) is 1.97. The van der Waals surface area contributed by atoms with Gasteiger partial charge in [-0.3, -0.25) is 0 Å². The summed E-state index contributed by atoms with van der Waals surface area (Å²) in [6.45, 7) is 1.83. The van der Waals surface area contributed by atoms with Crippen LogP contribution in [0.4, 0.5) is 5.82 Å². The summed E-state index contributed by atoms with van der Waals surface area (Å²) in [7, 11) is 1.49. The van der Waals surface area contributed by atoms with E-state index >= 15 is 0 Å². The molecule has 17 heavy (non-hydrogen) atoms. The summed E-state index contributed by atoms with van der Waals surface area (Å²) in [4.78, 5) is 0. The van der Waals surface area contributed by atoms with Crippen LogP contribution in [0.3, 0.4) is 0 Å². The molecule has 2 aromatic rings. The number of nitrogens with zero attached hydrogens (tertiary/aromatic N) is 1. The standard InChI is InChI=1S/C11H11BrN2O3/c1-5-7(12)3-6(10(15)11(5)16-2)8-4-9(13)14-17-8/h3-4,15H,1-2H3,(H2,13,14). The summed E-state index contributed by atoms with van der Waals surface area (Å²) in [5.74, 6) is 1.04. The van der Waals surface area contributed by atoms with E-state index in [1.54, 1.807) is 6.07 Å². The Morgan fingerprint density at radius 2 is 2.18 bits per heavy atom. The molecule has 2 rings (SSSR count). The lowest BCUT2D eigenvalue weighted by atomic mass is 10.1. The van der Waals surface area contributed by atoms with E-state index < -0.39 is 0 Å². The normalized spacial score (nSPS) is 10.5. The maximum absolute atomic E-state index is 10.1. The molecule has 0 aliphatic rings. The number of halogens is 1. The highest BCUT2D eigenvalue weighted by molar-refractivity contribution is 9.10. The first-order valence-corrected chi connectivity index (χ1v) is 5.62. The molecular formula is C11H11BrN2O3. The molecule has 0 amide bonds. The van der Waals surface area contributed by atoms with Crippen molar-refractivity contribution in [3.63, 3.8) is 0 Å². The molecule has 0 aliphatic heterocycles. The molecule has 0 atom stereocenters. The van der Waals surface area contributed by atoms with Gasteiger partial charge < -0.3 is 20.1 Å². The lowest BCUT2D eigenvalue weighted by Crippen LogP contribution is -1.91. The van der Waals surface area contributed by atoms with Gasteiger partial charge in [0, 0.05) is 16.1 Å². The number of aromatic hydroxyl groups is 1. The number of nitrogens with two attached hydrogens (primary N) is 1. The van der Waals surface area contributed by atoms with E-state index in [4.69, 9.17) is 15.0 Å². The number of nitrogen functional groups attached to an aromatic ring is 1. The maximum atomic E-state index is 10.1. The van der Waals surface area contributed by atoms with Crippen molar-refractivity contribution >= 4 is 21.7 Å². The first-order valence-electron chi connectivity index (χ1n) is 4.83. The molecule has 0 saturated carbocycles. The predicted molar refractivity (Wildman–Crippen MR) is 67.0 cm³/mol. The Hall–Kier alpha value is -1.69. The van der Waals surface area contributed by atoms with E-state index in [1.807, 2.05) is 6.92 Å². The second-order valence-electron chi connectivity index (χ2n) is 3.53. The predicted octanol–water partition coefficient (Wildman–Crippen LogP) is 2.71. The van der Waals surface area contributed by atoms with Gasteiger partial charge in [-0.15, -0.1) is 0 Å². The Kier molecular flexibility index (Phi) is 2.97. The van der Waals surface area contributed by atoms with Crippen molar-refractivity contribution < 1.29 is 14.4 Å². The molecule has 90 valence electrons. The van der Waals surface area contributed by atoms with Crippen LogP contribution in [-0.2, 0) is 0 Å². The Morgan fingerprint density at radius 1 is 1.47 bits per heavy atom. The zero-order valence-corrected chi connectivity index (χ0v) is 10.9. The van der Waals surface area contributed by atoms with Crippen molar-refractivity contribution in [1.29, 1.82) is 0 Å². The van der Waals surface area contributed by atoms with Gasteiger partial charge in [0.1, 0.15) is 0 Å². The SMILES string of the molecule is COc1c(C)c(Br)cc(-c2cc(N)no2)c1O. The molecule has 0 radical (unpaired) electrons. The average Bonchev–Trinajstić information content (AvgIpc) is 2.71. The number of anilines is 1. The molecule has 6 heteroatoms. The van der Waals surface area contributed by atoms with Gasteiger partial charge in [0.2, 0.25) is 0 Å². The Morgan fingerprint density at radius 3 is 2.71 bits per heavy atom. The zero-order valence-electron chi connectivity index (χ0n) is 9.32. The average molecular weight is 299 g/mol. The highest BCUT2D eigenvalue weighted by Crippen LogP contribution is 2.43. The summed E-state index contributed by atoms with van der Waals surface area (Å²) in [5.41, 5.74) is 6.76. The minimum absolute atomic E-state index is 0.00403. The van der Waals surface area contributed by atoms with Crippen LogP contribution in [0.15, 0.2) is 21.1 Å². The number of aromatic nitrogens is 1. The van der Waals surface area contributed by atoms with Gasteiger partial charge in [0.25, 0.3) is 0 Å². The monoisotopic (exact) mass is 298 g/mol. The van der Waals surface area contributed by atoms with Crippen LogP contribution in [0.1, 0.15) is 5.56 Å². The summed E-state index contributed by atoms with van der Waals surface area (Å²) in [6, 6.07) is 3.27. The van der Waals surface area contributed by atoms with Crippen LogP contribution in [0.5, 0.6) is 11.5 Å². The Bertz CT molecular complexity index is 566. The third-order valence-corrected chi connectivity index (χ3v) is 3.26. The van der Waals surface area contributed by atoms with Gasteiger partial charge in [-0.1, -0.05) is 21.1 Å². The van der Waals surface area contributed by atoms with Crippen LogP contribution in [0.25, 0.3) is 11.3 Å². The number of methoxy groups -OCH3 is 1. The molecule has 0 bridgehead atoms. The molecule has 0 unspecified atom stereocenters. The molecule has 0 aliphatic carbocycles. The minimum atomic E-state index is 0.00403. The van der Waals surface area contributed by atoms with Gasteiger partial charge in [-0.05, 0) is 13.0 Å². The largest absolute Gasteiger partial charge is 0.504 e. The van der Waals surface area contributed by atoms with E-state index in [0.29, 0.717) is 17.1 Å². The number of hydrogen-bond donors (Lipinski definition) is 2. The number of rotatable bonds is 2. The van der Waals surface area contributed by atoms with Crippen LogP contribution in [0.2, 0.25) is 0 Å². The molecule has 3 N–H and O–H groups in total. The number of hydrogen-bond acceptors (Lipinski definition) is 5. The second kappa shape index (κ2) is 4.29. The van der Waals surface area contributed by atoms with Crippen molar-refractivity contribution in [2.75, 3.05) is 12.8 Å². The first kappa shape index (κ1) is 11.8. The number of ether oxygens (including phenoxy) is 1. The lowest BCUT2D eigenvalue weighted by molar-refractivity contribution is 0.369. The summed E-state index contributed by atoms with van der Waals surface area (Å²) < 4.78 is 11.0. The van der Waals surface area contributed by atoms with Gasteiger partial charge in [0.15, 0.2) is 23.1 Å². The molecule has 0 spiro atoms. The van der Waals surface area contributed by atoms with E-state index in [9.17, 15) is 5.11 Å². The van der Waals surface area contributed by atoms with Crippen molar-refractivity contribution in [2.45, 2.75) is 6.92 Å². The van der Waals surface area contributed by atoms with Crippen LogP contribution in [-0.4, -0.2) is 17.4 Å². The smallest absolute Gasteiger partial charge is 0.172 e. The molecule has 1 aromatic heterocycles. The molecular weight excluding hydrogens is 288 g/mol. The zero-order chi connectivity index (χ0) is 12.6. The fourth-order valence-electron chi connectivity index (χ4n) is 1.57. The maximum Gasteiger partial charge on any atom is 0.172 e. The molecule has 1 aromatic carbocycles. The quantitative estimate of drug-likeness (QED) is 0.891. The Balaban J connectivity index is 2.67. The van der Waals surface area contributed by atoms with Crippen LogP contribution in [0, 0.1) is 6.92 Å². The molecule has 1 heterocycles. The van der Waals surface area contributed by atoms with E-state index in [0.717, 1.165) is 10.0 Å². The second-order valence-corrected chi connectivity index (χ2v) is 4.38. The van der Waals surface area contributed by atoms with Crippen LogP contribution < -0.4 is 10.5 Å². The third kappa shape index (κ3) is 1.95. The van der Waals surface area contributed by atoms with Crippen LogP contribution >= 0.6 is 15.9 Å². The molecule has 5 nitrogen and oxygen atoms in total. The highest BCUT2D eigenvalue weighted by Gasteiger charge is 2.18. The molecule has 0 saturated heterocycles. The number of benzene rings is 1. The van der Waals surface area contributed by atoms with E-state index in [-0.39, 0.29) is 11.6 Å².